The Morgan fingerprint density at radius 3 is 2.60 bits per heavy atom. The lowest BCUT2D eigenvalue weighted by Crippen LogP contribution is -2.37. The zero-order valence-corrected chi connectivity index (χ0v) is 18.2. The molecule has 7 heteroatoms. The Hall–Kier alpha value is -2.28. The molecule has 2 aromatic rings. The van der Waals surface area contributed by atoms with Gasteiger partial charge in [-0.2, -0.15) is 4.98 Å². The predicted molar refractivity (Wildman–Crippen MR) is 115 cm³/mol. The smallest absolute Gasteiger partial charge is 0.297 e. The molecule has 0 bridgehead atoms. The van der Waals surface area contributed by atoms with Gasteiger partial charge in [-0.3, -0.25) is 9.36 Å². The summed E-state index contributed by atoms with van der Waals surface area (Å²) in [6, 6.07) is 7.34. The van der Waals surface area contributed by atoms with E-state index in [4.69, 9.17) is 19.2 Å². The second kappa shape index (κ2) is 9.25. The first-order valence-corrected chi connectivity index (χ1v) is 11.2. The molecule has 0 unspecified atom stereocenters. The van der Waals surface area contributed by atoms with Crippen molar-refractivity contribution in [3.8, 4) is 11.8 Å². The molecule has 1 atom stereocenters. The zero-order chi connectivity index (χ0) is 21.1. The van der Waals surface area contributed by atoms with E-state index in [-0.39, 0.29) is 24.2 Å². The number of amides is 1. The van der Waals surface area contributed by atoms with Crippen molar-refractivity contribution in [3.63, 3.8) is 0 Å². The molecule has 2 fully saturated rings. The van der Waals surface area contributed by atoms with E-state index in [1.54, 1.807) is 0 Å². The second-order valence-corrected chi connectivity index (χ2v) is 8.53. The molecule has 1 aromatic heterocycles. The van der Waals surface area contributed by atoms with Crippen molar-refractivity contribution in [1.82, 2.24) is 14.9 Å². The van der Waals surface area contributed by atoms with Gasteiger partial charge in [0.25, 0.3) is 6.01 Å². The van der Waals surface area contributed by atoms with Gasteiger partial charge in [-0.05, 0) is 64.5 Å². The Morgan fingerprint density at radius 2 is 1.93 bits per heavy atom. The summed E-state index contributed by atoms with van der Waals surface area (Å²) in [5.41, 5.74) is 2.06. The number of ether oxygens (including phenoxy) is 3. The molecule has 7 nitrogen and oxygen atoms in total. The van der Waals surface area contributed by atoms with Crippen LogP contribution >= 0.6 is 0 Å². The van der Waals surface area contributed by atoms with E-state index in [0.717, 1.165) is 48.5 Å². The van der Waals surface area contributed by atoms with E-state index in [0.29, 0.717) is 19.3 Å². The lowest BCUT2D eigenvalue weighted by atomic mass is 9.95. The Kier molecular flexibility index (Phi) is 6.46. The normalized spacial score (nSPS) is 22.6. The molecule has 0 saturated heterocycles. The van der Waals surface area contributed by atoms with Crippen molar-refractivity contribution in [1.29, 1.82) is 0 Å². The van der Waals surface area contributed by atoms with E-state index >= 15 is 0 Å². The third kappa shape index (κ3) is 5.06. The summed E-state index contributed by atoms with van der Waals surface area (Å²) >= 11 is 0. The van der Waals surface area contributed by atoms with Crippen molar-refractivity contribution in [3.05, 3.63) is 18.2 Å². The number of carbonyl (C=O) groups excluding carboxylic acids is 1. The van der Waals surface area contributed by atoms with Gasteiger partial charge in [0.2, 0.25) is 5.91 Å². The van der Waals surface area contributed by atoms with Crippen LogP contribution in [0.5, 0.6) is 11.8 Å². The fourth-order valence-electron chi connectivity index (χ4n) is 4.21. The van der Waals surface area contributed by atoms with Gasteiger partial charge in [0.05, 0.1) is 30.4 Å². The minimum atomic E-state index is -0.0184. The minimum Gasteiger partial charge on any atom is -0.494 e. The SMILES string of the molecule is CCOc1ccc2nc(O[C@H]3CC[C@H](OC[C@H](C)NC(C)=O)CC3)n(C3CC3)c2c1. The monoisotopic (exact) mass is 415 g/mol. The summed E-state index contributed by atoms with van der Waals surface area (Å²) in [5, 5.41) is 2.86. The van der Waals surface area contributed by atoms with E-state index in [1.807, 2.05) is 26.0 Å². The summed E-state index contributed by atoms with van der Waals surface area (Å²) < 4.78 is 20.3. The summed E-state index contributed by atoms with van der Waals surface area (Å²) in [6.07, 6.45) is 6.59. The average Bonchev–Trinajstić information content (AvgIpc) is 3.48. The summed E-state index contributed by atoms with van der Waals surface area (Å²) in [7, 11) is 0. The Balaban J connectivity index is 1.36. The number of carbonyl (C=O) groups is 1. The molecule has 164 valence electrons. The Labute approximate surface area is 178 Å². The van der Waals surface area contributed by atoms with Crippen LogP contribution in [-0.4, -0.2) is 46.9 Å². The maximum absolute atomic E-state index is 11.1. The highest BCUT2D eigenvalue weighted by Gasteiger charge is 2.31. The van der Waals surface area contributed by atoms with Crippen LogP contribution in [0.15, 0.2) is 18.2 Å². The molecule has 1 amide bonds. The molecule has 2 saturated carbocycles. The fraction of sp³-hybridized carbons (Fsp3) is 0.652. The molecular weight excluding hydrogens is 382 g/mol. The number of nitrogens with one attached hydrogen (secondary N) is 1. The van der Waals surface area contributed by atoms with Gasteiger partial charge in [0.15, 0.2) is 0 Å². The Bertz CT molecular complexity index is 869. The van der Waals surface area contributed by atoms with Crippen LogP contribution in [0.3, 0.4) is 0 Å². The van der Waals surface area contributed by atoms with Crippen LogP contribution in [0.25, 0.3) is 11.0 Å². The average molecular weight is 416 g/mol. The van der Waals surface area contributed by atoms with Gasteiger partial charge in [-0.1, -0.05) is 0 Å². The van der Waals surface area contributed by atoms with E-state index < -0.39 is 0 Å². The van der Waals surface area contributed by atoms with Gasteiger partial charge in [-0.15, -0.1) is 0 Å². The van der Waals surface area contributed by atoms with Crippen LogP contribution in [0.4, 0.5) is 0 Å². The second-order valence-electron chi connectivity index (χ2n) is 8.53. The lowest BCUT2D eigenvalue weighted by Gasteiger charge is -2.29. The maximum Gasteiger partial charge on any atom is 0.297 e. The molecule has 2 aliphatic carbocycles. The van der Waals surface area contributed by atoms with E-state index in [2.05, 4.69) is 16.0 Å². The maximum atomic E-state index is 11.1. The van der Waals surface area contributed by atoms with E-state index in [9.17, 15) is 4.79 Å². The van der Waals surface area contributed by atoms with Gasteiger partial charge < -0.3 is 19.5 Å². The molecule has 0 spiro atoms. The first-order valence-electron chi connectivity index (χ1n) is 11.2. The van der Waals surface area contributed by atoms with E-state index in [1.165, 1.54) is 19.8 Å². The third-order valence-corrected chi connectivity index (χ3v) is 5.78. The minimum absolute atomic E-state index is 0.0184. The highest BCUT2D eigenvalue weighted by molar-refractivity contribution is 5.79. The Morgan fingerprint density at radius 1 is 1.20 bits per heavy atom. The largest absolute Gasteiger partial charge is 0.494 e. The molecule has 1 aromatic carbocycles. The first-order chi connectivity index (χ1) is 14.5. The van der Waals surface area contributed by atoms with Gasteiger partial charge in [0.1, 0.15) is 11.9 Å². The molecule has 30 heavy (non-hydrogen) atoms. The number of rotatable bonds is 9. The molecule has 4 rings (SSSR count). The zero-order valence-electron chi connectivity index (χ0n) is 18.2. The molecular formula is C23H33N3O4. The third-order valence-electron chi connectivity index (χ3n) is 5.78. The number of aromatic nitrogens is 2. The molecule has 1 N–H and O–H groups in total. The molecule has 2 aliphatic rings. The number of nitrogens with zero attached hydrogens (tertiary/aromatic N) is 2. The quantitative estimate of drug-likeness (QED) is 0.670. The number of imidazole rings is 1. The summed E-state index contributed by atoms with van der Waals surface area (Å²) in [4.78, 5) is 15.9. The van der Waals surface area contributed by atoms with Crippen molar-refractivity contribution in [2.45, 2.75) is 83.6 Å². The van der Waals surface area contributed by atoms with Crippen LogP contribution in [0.2, 0.25) is 0 Å². The summed E-state index contributed by atoms with van der Waals surface area (Å²) in [6.45, 7) is 6.70. The number of fused-ring (bicyclic) bond motifs is 1. The van der Waals surface area contributed by atoms with Crippen LogP contribution in [0.1, 0.15) is 65.3 Å². The molecule has 0 aliphatic heterocycles. The topological polar surface area (TPSA) is 74.6 Å². The van der Waals surface area contributed by atoms with Crippen LogP contribution in [0, 0.1) is 0 Å². The van der Waals surface area contributed by atoms with Crippen molar-refractivity contribution >= 4 is 16.9 Å². The molecule has 1 heterocycles. The molecule has 0 radical (unpaired) electrons. The van der Waals surface area contributed by atoms with Gasteiger partial charge in [-0.25, -0.2) is 0 Å². The first kappa shape index (κ1) is 21.0. The fourth-order valence-corrected chi connectivity index (χ4v) is 4.21. The van der Waals surface area contributed by atoms with Crippen LogP contribution < -0.4 is 14.8 Å². The number of benzene rings is 1. The van der Waals surface area contributed by atoms with Crippen LogP contribution in [-0.2, 0) is 9.53 Å². The summed E-state index contributed by atoms with van der Waals surface area (Å²) in [5.74, 6) is 0.861. The standard InChI is InChI=1S/C23H33N3O4/c1-4-28-20-11-12-21-22(13-20)26(17-5-6-17)23(25-21)30-19-9-7-18(8-10-19)29-14-15(2)24-16(3)27/h11-13,15,17-19H,4-10,14H2,1-3H3,(H,24,27)/t15-,18-,19-/m0/s1. The van der Waals surface area contributed by atoms with Gasteiger partial charge in [0, 0.05) is 25.1 Å². The predicted octanol–water partition coefficient (Wildman–Crippen LogP) is 4.00. The lowest BCUT2D eigenvalue weighted by molar-refractivity contribution is -0.120. The van der Waals surface area contributed by atoms with Crippen molar-refractivity contribution < 1.29 is 19.0 Å². The highest BCUT2D eigenvalue weighted by atomic mass is 16.5. The number of hydrogen-bond acceptors (Lipinski definition) is 5. The highest BCUT2D eigenvalue weighted by Crippen LogP contribution is 2.42. The number of hydrogen-bond donors (Lipinski definition) is 1. The van der Waals surface area contributed by atoms with Crippen molar-refractivity contribution in [2.24, 2.45) is 0 Å². The van der Waals surface area contributed by atoms with Crippen molar-refractivity contribution in [2.75, 3.05) is 13.2 Å². The van der Waals surface area contributed by atoms with Gasteiger partial charge >= 0.3 is 0 Å².